The van der Waals surface area contributed by atoms with Gasteiger partial charge >= 0.3 is 6.09 Å². The van der Waals surface area contributed by atoms with Crippen molar-refractivity contribution in [3.63, 3.8) is 0 Å². The molecule has 1 N–H and O–H groups in total. The van der Waals surface area contributed by atoms with Gasteiger partial charge in [0, 0.05) is 5.41 Å². The van der Waals surface area contributed by atoms with E-state index in [0.29, 0.717) is 5.41 Å². The Morgan fingerprint density at radius 1 is 1.22 bits per heavy atom. The van der Waals surface area contributed by atoms with Crippen molar-refractivity contribution in [2.75, 3.05) is 0 Å². The van der Waals surface area contributed by atoms with Gasteiger partial charge in [-0.3, -0.25) is 0 Å². The lowest BCUT2D eigenvalue weighted by molar-refractivity contribution is -0.208. The third-order valence-corrected chi connectivity index (χ3v) is 6.63. The zero-order valence-corrected chi connectivity index (χ0v) is 11.6. The van der Waals surface area contributed by atoms with Gasteiger partial charge in [-0.05, 0) is 49.4 Å². The lowest BCUT2D eigenvalue weighted by Gasteiger charge is -2.63. The molecule has 3 nitrogen and oxygen atoms in total. The first-order valence-corrected chi connectivity index (χ1v) is 7.36. The van der Waals surface area contributed by atoms with Gasteiger partial charge in [-0.25, -0.2) is 4.79 Å². The van der Waals surface area contributed by atoms with Crippen LogP contribution < -0.4 is 5.32 Å². The first-order chi connectivity index (χ1) is 8.36. The maximum absolute atomic E-state index is 11.7. The van der Waals surface area contributed by atoms with Crippen molar-refractivity contribution in [2.24, 2.45) is 22.7 Å². The van der Waals surface area contributed by atoms with Crippen molar-refractivity contribution in [2.45, 2.75) is 64.5 Å². The fourth-order valence-electron chi connectivity index (χ4n) is 5.77. The minimum absolute atomic E-state index is 0.161. The lowest BCUT2D eigenvalue weighted by Crippen LogP contribution is -2.69. The second-order valence-corrected chi connectivity index (χ2v) is 8.07. The smallest absolute Gasteiger partial charge is 0.408 e. The van der Waals surface area contributed by atoms with Crippen LogP contribution in [0.15, 0.2) is 0 Å². The largest absolute Gasteiger partial charge is 0.440 e. The maximum Gasteiger partial charge on any atom is 0.408 e. The van der Waals surface area contributed by atoms with Gasteiger partial charge in [-0.1, -0.05) is 20.8 Å². The van der Waals surface area contributed by atoms with E-state index < -0.39 is 0 Å². The Morgan fingerprint density at radius 3 is 2.67 bits per heavy atom. The molecule has 1 amide bonds. The Labute approximate surface area is 109 Å². The average molecular weight is 249 g/mol. The molecule has 1 heterocycles. The van der Waals surface area contributed by atoms with Crippen LogP contribution in [0.3, 0.4) is 0 Å². The van der Waals surface area contributed by atoms with Crippen molar-refractivity contribution in [3.05, 3.63) is 0 Å². The molecule has 0 radical (unpaired) electrons. The molecular weight excluding hydrogens is 226 g/mol. The fraction of sp³-hybridized carbons (Fsp3) is 0.933. The number of amides is 1. The molecule has 18 heavy (non-hydrogen) atoms. The molecule has 3 heteroatoms. The van der Waals surface area contributed by atoms with E-state index in [1.54, 1.807) is 0 Å². The number of hydrogen-bond donors (Lipinski definition) is 1. The Bertz CT molecular complexity index is 432. The Hall–Kier alpha value is -0.730. The van der Waals surface area contributed by atoms with Crippen LogP contribution in [0.5, 0.6) is 0 Å². The summed E-state index contributed by atoms with van der Waals surface area (Å²) in [5.41, 5.74) is 0.539. The molecule has 4 aliphatic rings. The minimum atomic E-state index is -0.176. The van der Waals surface area contributed by atoms with Gasteiger partial charge in [-0.2, -0.15) is 0 Å². The molecule has 0 aromatic carbocycles. The number of nitrogens with one attached hydrogen (secondary N) is 1. The Morgan fingerprint density at radius 2 is 2.00 bits per heavy atom. The lowest BCUT2D eigenvalue weighted by atomic mass is 9.44. The van der Waals surface area contributed by atoms with Crippen molar-refractivity contribution < 1.29 is 9.53 Å². The highest BCUT2D eigenvalue weighted by Gasteiger charge is 2.73. The van der Waals surface area contributed by atoms with Gasteiger partial charge in [0.05, 0.1) is 6.04 Å². The van der Waals surface area contributed by atoms with E-state index in [1.165, 1.54) is 19.3 Å². The summed E-state index contributed by atoms with van der Waals surface area (Å²) in [4.78, 5) is 11.7. The molecule has 0 aromatic rings. The average Bonchev–Trinajstić information content (AvgIpc) is 2.75. The van der Waals surface area contributed by atoms with Gasteiger partial charge in [0.25, 0.3) is 0 Å². The molecule has 0 unspecified atom stereocenters. The molecule has 1 aliphatic heterocycles. The summed E-state index contributed by atoms with van der Waals surface area (Å²) in [6, 6.07) is 0.277. The fourth-order valence-corrected chi connectivity index (χ4v) is 5.77. The molecule has 3 saturated carbocycles. The highest BCUT2D eigenvalue weighted by Crippen LogP contribution is 2.70. The van der Waals surface area contributed by atoms with Gasteiger partial charge in [-0.15, -0.1) is 0 Å². The standard InChI is InChI=1S/C15H23NO2/c1-13(2)7-9-6-11-15(18-12(17)16-11)5-4-14(15,3)10(9)8-13/h9-11H,4-8H2,1-3H3,(H,16,17)/t9-,10+,11-,14-,15-/m0/s1. The van der Waals surface area contributed by atoms with E-state index in [2.05, 4.69) is 26.1 Å². The molecule has 3 aliphatic carbocycles. The monoisotopic (exact) mass is 249 g/mol. The Balaban J connectivity index is 1.75. The van der Waals surface area contributed by atoms with Crippen LogP contribution in [-0.4, -0.2) is 17.7 Å². The van der Waals surface area contributed by atoms with Gasteiger partial charge in [0.15, 0.2) is 0 Å². The summed E-state index contributed by atoms with van der Waals surface area (Å²) in [6.07, 6.45) is 5.88. The maximum atomic E-state index is 11.7. The van der Waals surface area contributed by atoms with Crippen molar-refractivity contribution in [1.82, 2.24) is 5.32 Å². The second kappa shape index (κ2) is 2.88. The second-order valence-electron chi connectivity index (χ2n) is 8.07. The molecule has 0 aromatic heterocycles. The summed E-state index contributed by atoms with van der Waals surface area (Å²) in [6.45, 7) is 7.17. The summed E-state index contributed by atoms with van der Waals surface area (Å²) >= 11 is 0. The number of carbonyl (C=O) groups is 1. The molecule has 1 saturated heterocycles. The van der Waals surface area contributed by atoms with Crippen molar-refractivity contribution in [3.8, 4) is 0 Å². The number of hydrogen-bond acceptors (Lipinski definition) is 2. The van der Waals surface area contributed by atoms with Crippen molar-refractivity contribution in [1.29, 1.82) is 0 Å². The zero-order chi connectivity index (χ0) is 12.8. The van der Waals surface area contributed by atoms with E-state index in [9.17, 15) is 4.79 Å². The number of ether oxygens (including phenoxy) is 1. The highest BCUT2D eigenvalue weighted by molar-refractivity contribution is 5.72. The van der Waals surface area contributed by atoms with Gasteiger partial charge in [0.1, 0.15) is 5.60 Å². The van der Waals surface area contributed by atoms with Crippen LogP contribution in [0.1, 0.15) is 52.9 Å². The molecule has 100 valence electrons. The first-order valence-electron chi connectivity index (χ1n) is 7.36. The minimum Gasteiger partial charge on any atom is -0.440 e. The van der Waals surface area contributed by atoms with E-state index in [-0.39, 0.29) is 23.2 Å². The number of carbonyl (C=O) groups excluding carboxylic acids is 1. The van der Waals surface area contributed by atoms with E-state index in [1.807, 2.05) is 0 Å². The third-order valence-electron chi connectivity index (χ3n) is 6.63. The number of alkyl carbamates (subject to hydrolysis) is 1. The van der Waals surface area contributed by atoms with Gasteiger partial charge in [0.2, 0.25) is 0 Å². The van der Waals surface area contributed by atoms with Crippen LogP contribution in [0, 0.1) is 22.7 Å². The first kappa shape index (κ1) is 11.1. The van der Waals surface area contributed by atoms with Gasteiger partial charge < -0.3 is 10.1 Å². The molecule has 1 spiro atoms. The molecular formula is C15H23NO2. The summed E-state index contributed by atoms with van der Waals surface area (Å²) in [5.74, 6) is 1.54. The van der Waals surface area contributed by atoms with Crippen LogP contribution in [0.4, 0.5) is 4.79 Å². The van der Waals surface area contributed by atoms with Crippen LogP contribution in [0.25, 0.3) is 0 Å². The normalized spacial score (nSPS) is 55.7. The van der Waals surface area contributed by atoms with Crippen LogP contribution >= 0.6 is 0 Å². The zero-order valence-electron chi connectivity index (χ0n) is 11.6. The van der Waals surface area contributed by atoms with E-state index >= 15 is 0 Å². The third kappa shape index (κ3) is 1.06. The van der Waals surface area contributed by atoms with E-state index in [4.69, 9.17) is 4.74 Å². The number of fused-ring (bicyclic) bond motifs is 2. The highest BCUT2D eigenvalue weighted by atomic mass is 16.6. The molecule has 0 bridgehead atoms. The predicted octanol–water partition coefficient (Wildman–Crippen LogP) is 3.09. The number of rotatable bonds is 0. The molecule has 5 atom stereocenters. The van der Waals surface area contributed by atoms with Crippen LogP contribution in [-0.2, 0) is 4.74 Å². The SMILES string of the molecule is CC1(C)C[C@@H]2C[C@@H]3NC(=O)O[C@@]34CC[C@@]4(C)[C@@H]2C1. The topological polar surface area (TPSA) is 38.3 Å². The Kier molecular flexibility index (Phi) is 1.78. The van der Waals surface area contributed by atoms with Crippen molar-refractivity contribution >= 4 is 6.09 Å². The summed E-state index contributed by atoms with van der Waals surface area (Å²) in [5, 5.41) is 3.08. The van der Waals surface area contributed by atoms with Crippen LogP contribution in [0.2, 0.25) is 0 Å². The summed E-state index contributed by atoms with van der Waals surface area (Å²) < 4.78 is 5.78. The quantitative estimate of drug-likeness (QED) is 0.716. The molecule has 4 fully saturated rings. The molecule has 4 rings (SSSR count). The predicted molar refractivity (Wildman–Crippen MR) is 68.1 cm³/mol. The summed E-state index contributed by atoms with van der Waals surface area (Å²) in [7, 11) is 0. The van der Waals surface area contributed by atoms with E-state index in [0.717, 1.165) is 24.7 Å².